The number of aromatic amines is 1. The van der Waals surface area contributed by atoms with Gasteiger partial charge in [0.2, 0.25) is 5.82 Å². The third kappa shape index (κ3) is 7.44. The zero-order valence-corrected chi connectivity index (χ0v) is 23.5. The minimum Gasteiger partial charge on any atom is -0.485 e. The summed E-state index contributed by atoms with van der Waals surface area (Å²) in [6.45, 7) is 9.22. The van der Waals surface area contributed by atoms with Crippen LogP contribution in [-0.2, 0) is 20.9 Å². The van der Waals surface area contributed by atoms with E-state index < -0.39 is 6.10 Å². The minimum atomic E-state index is -0.429. The molecule has 1 fully saturated rings. The fraction of sp³-hybridized carbons (Fsp3) is 0.367. The van der Waals surface area contributed by atoms with Crippen LogP contribution in [0.2, 0.25) is 0 Å². The third-order valence-electron chi connectivity index (χ3n) is 6.72. The van der Waals surface area contributed by atoms with Crippen LogP contribution < -0.4 is 9.47 Å². The quantitative estimate of drug-likeness (QED) is 0.272. The molecule has 1 aliphatic rings. The number of hydrogen-bond acceptors (Lipinski definition) is 10. The largest absolute Gasteiger partial charge is 0.485 e. The molecule has 0 spiro atoms. The number of rotatable bonds is 11. The Hall–Kier alpha value is -4.35. The minimum absolute atomic E-state index is 0.188. The SMILES string of the molecule is CC(=O)OC(COc1c(OCc2ccc(-c3ccccc3-c3nn[nH]n3)cc2)cc(C)nc1C)CN1CCOCC1. The first-order valence-electron chi connectivity index (χ1n) is 13.6. The number of carbonyl (C=O) groups excluding carboxylic acids is 1. The number of aromatic nitrogens is 5. The number of pyridine rings is 1. The van der Waals surface area contributed by atoms with E-state index >= 15 is 0 Å². The van der Waals surface area contributed by atoms with E-state index in [0.29, 0.717) is 49.4 Å². The van der Waals surface area contributed by atoms with E-state index in [1.54, 1.807) is 0 Å². The summed E-state index contributed by atoms with van der Waals surface area (Å²) in [7, 11) is 0. The molecule has 1 aliphatic heterocycles. The summed E-state index contributed by atoms with van der Waals surface area (Å²) in [6, 6.07) is 18.0. The van der Waals surface area contributed by atoms with Crippen LogP contribution in [0.1, 0.15) is 23.9 Å². The van der Waals surface area contributed by atoms with E-state index in [1.807, 2.05) is 68.4 Å². The second kappa shape index (κ2) is 13.3. The summed E-state index contributed by atoms with van der Waals surface area (Å²) in [5.41, 5.74) is 5.47. The highest BCUT2D eigenvalue weighted by molar-refractivity contribution is 5.80. The smallest absolute Gasteiger partial charge is 0.303 e. The first-order valence-corrected chi connectivity index (χ1v) is 13.6. The van der Waals surface area contributed by atoms with Gasteiger partial charge in [-0.1, -0.05) is 48.5 Å². The van der Waals surface area contributed by atoms with Crippen LogP contribution in [0.4, 0.5) is 0 Å². The number of benzene rings is 2. The Morgan fingerprint density at radius 3 is 2.51 bits per heavy atom. The van der Waals surface area contributed by atoms with Gasteiger partial charge in [0.05, 0.1) is 18.9 Å². The van der Waals surface area contributed by atoms with Gasteiger partial charge in [-0.05, 0) is 35.8 Å². The first kappa shape index (κ1) is 28.2. The molecule has 214 valence electrons. The molecule has 11 heteroatoms. The lowest BCUT2D eigenvalue weighted by Gasteiger charge is -2.30. The normalized spacial score (nSPS) is 14.4. The number of carbonyl (C=O) groups is 1. The van der Waals surface area contributed by atoms with Gasteiger partial charge < -0.3 is 18.9 Å². The summed E-state index contributed by atoms with van der Waals surface area (Å²) in [5.74, 6) is 1.34. The monoisotopic (exact) mass is 558 g/mol. The van der Waals surface area contributed by atoms with Crippen LogP contribution in [0.3, 0.4) is 0 Å². The number of H-pyrrole nitrogens is 1. The van der Waals surface area contributed by atoms with E-state index in [-0.39, 0.29) is 12.6 Å². The molecule has 11 nitrogen and oxygen atoms in total. The van der Waals surface area contributed by atoms with Gasteiger partial charge >= 0.3 is 5.97 Å². The van der Waals surface area contributed by atoms with Crippen molar-refractivity contribution in [2.45, 2.75) is 33.5 Å². The van der Waals surface area contributed by atoms with Crippen LogP contribution in [0, 0.1) is 13.8 Å². The molecule has 1 atom stereocenters. The highest BCUT2D eigenvalue weighted by Gasteiger charge is 2.22. The number of hydrogen-bond donors (Lipinski definition) is 1. The van der Waals surface area contributed by atoms with Gasteiger partial charge in [-0.2, -0.15) is 5.21 Å². The topological polar surface area (TPSA) is 125 Å². The molecule has 1 N–H and O–H groups in total. The number of ether oxygens (including phenoxy) is 4. The van der Waals surface area contributed by atoms with Crippen molar-refractivity contribution in [2.75, 3.05) is 39.5 Å². The van der Waals surface area contributed by atoms with E-state index in [2.05, 4.69) is 30.5 Å². The van der Waals surface area contributed by atoms with E-state index in [0.717, 1.165) is 41.0 Å². The van der Waals surface area contributed by atoms with Crippen molar-refractivity contribution >= 4 is 5.97 Å². The third-order valence-corrected chi connectivity index (χ3v) is 6.72. The predicted molar refractivity (Wildman–Crippen MR) is 151 cm³/mol. The maximum Gasteiger partial charge on any atom is 0.303 e. The number of nitrogens with one attached hydrogen (secondary N) is 1. The Bertz CT molecular complexity index is 1440. The fourth-order valence-electron chi connectivity index (χ4n) is 4.82. The molecular formula is C30H34N6O5. The van der Waals surface area contributed by atoms with Crippen LogP contribution >= 0.6 is 0 Å². The Balaban J connectivity index is 1.27. The van der Waals surface area contributed by atoms with Crippen LogP contribution in [0.5, 0.6) is 11.5 Å². The lowest BCUT2D eigenvalue weighted by molar-refractivity contribution is -0.149. The van der Waals surface area contributed by atoms with Gasteiger partial charge in [-0.25, -0.2) is 0 Å². The lowest BCUT2D eigenvalue weighted by atomic mass is 9.98. The summed E-state index contributed by atoms with van der Waals surface area (Å²) >= 11 is 0. The maximum atomic E-state index is 11.8. The maximum absolute atomic E-state index is 11.8. The summed E-state index contributed by atoms with van der Waals surface area (Å²) in [5, 5.41) is 14.5. The molecule has 0 bridgehead atoms. The summed E-state index contributed by atoms with van der Waals surface area (Å²) in [6.07, 6.45) is -0.429. The number of nitrogens with zero attached hydrogens (tertiary/aromatic N) is 5. The first-order chi connectivity index (χ1) is 20.0. The number of aryl methyl sites for hydroxylation is 2. The molecule has 0 aliphatic carbocycles. The number of esters is 1. The van der Waals surface area contributed by atoms with Gasteiger partial charge in [0.1, 0.15) is 19.3 Å². The number of tetrazole rings is 1. The molecule has 5 rings (SSSR count). The van der Waals surface area contributed by atoms with Gasteiger partial charge in [-0.15, -0.1) is 10.2 Å². The molecule has 0 amide bonds. The van der Waals surface area contributed by atoms with Gasteiger partial charge in [-0.3, -0.25) is 14.7 Å². The second-order valence-electron chi connectivity index (χ2n) is 9.90. The van der Waals surface area contributed by atoms with Gasteiger partial charge in [0.25, 0.3) is 0 Å². The molecule has 3 heterocycles. The highest BCUT2D eigenvalue weighted by Crippen LogP contribution is 2.33. The van der Waals surface area contributed by atoms with Crippen molar-refractivity contribution in [3.63, 3.8) is 0 Å². The average Bonchev–Trinajstić information content (AvgIpc) is 3.51. The molecule has 2 aromatic heterocycles. The molecular weight excluding hydrogens is 524 g/mol. The van der Waals surface area contributed by atoms with E-state index in [9.17, 15) is 4.79 Å². The van der Waals surface area contributed by atoms with Crippen molar-refractivity contribution in [3.05, 3.63) is 71.5 Å². The lowest BCUT2D eigenvalue weighted by Crippen LogP contribution is -2.44. The average molecular weight is 559 g/mol. The number of morpholine rings is 1. The van der Waals surface area contributed by atoms with Gasteiger partial charge in [0.15, 0.2) is 11.5 Å². The van der Waals surface area contributed by atoms with Crippen LogP contribution in [0.15, 0.2) is 54.6 Å². The standard InChI is InChI=1S/C30H34N6O5/c1-20-16-28(29(21(2)31-20)40-19-25(41-22(3)37)17-36-12-14-38-15-13-36)39-18-23-8-10-24(11-9-23)26-6-4-5-7-27(26)30-32-34-35-33-30/h4-11,16,25H,12-15,17-19H2,1-3H3,(H,32,33,34,35). The molecule has 4 aromatic rings. The Morgan fingerprint density at radius 1 is 1.05 bits per heavy atom. The van der Waals surface area contributed by atoms with Crippen LogP contribution in [-0.4, -0.2) is 82.0 Å². The van der Waals surface area contributed by atoms with E-state index in [4.69, 9.17) is 18.9 Å². The summed E-state index contributed by atoms with van der Waals surface area (Å²) < 4.78 is 23.4. The Morgan fingerprint density at radius 2 is 1.80 bits per heavy atom. The Labute approximate surface area is 238 Å². The summed E-state index contributed by atoms with van der Waals surface area (Å²) in [4.78, 5) is 18.5. The van der Waals surface area contributed by atoms with Gasteiger partial charge in [0, 0.05) is 43.9 Å². The zero-order valence-electron chi connectivity index (χ0n) is 23.5. The predicted octanol–water partition coefficient (Wildman–Crippen LogP) is 3.77. The van der Waals surface area contributed by atoms with Crippen molar-refractivity contribution in [1.82, 2.24) is 30.5 Å². The van der Waals surface area contributed by atoms with E-state index in [1.165, 1.54) is 6.92 Å². The van der Waals surface area contributed by atoms with Crippen molar-refractivity contribution < 1.29 is 23.7 Å². The molecule has 0 saturated carbocycles. The molecule has 2 aromatic carbocycles. The van der Waals surface area contributed by atoms with Crippen molar-refractivity contribution in [2.24, 2.45) is 0 Å². The van der Waals surface area contributed by atoms with Crippen LogP contribution in [0.25, 0.3) is 22.5 Å². The molecule has 1 saturated heterocycles. The molecule has 1 unspecified atom stereocenters. The zero-order chi connectivity index (χ0) is 28.6. The fourth-order valence-corrected chi connectivity index (χ4v) is 4.82. The van der Waals surface area contributed by atoms with Crippen molar-refractivity contribution in [3.8, 4) is 34.0 Å². The Kier molecular flexibility index (Phi) is 9.17. The highest BCUT2D eigenvalue weighted by atomic mass is 16.6. The molecule has 0 radical (unpaired) electrons. The van der Waals surface area contributed by atoms with Crippen molar-refractivity contribution in [1.29, 1.82) is 0 Å². The molecule has 41 heavy (non-hydrogen) atoms. The second-order valence-corrected chi connectivity index (χ2v) is 9.90.